The van der Waals surface area contributed by atoms with Crippen LogP contribution in [0.15, 0.2) is 71.9 Å². The number of methoxy groups -OCH3 is 3. The molecule has 0 saturated carbocycles. The second kappa shape index (κ2) is 12.8. The number of anilines is 3. The van der Waals surface area contributed by atoms with E-state index >= 15 is 0 Å². The number of hydrogen-bond donors (Lipinski definition) is 1. The third kappa shape index (κ3) is 5.96. The van der Waals surface area contributed by atoms with Crippen LogP contribution in [0.25, 0.3) is 0 Å². The first-order chi connectivity index (χ1) is 22.1. The van der Waals surface area contributed by atoms with E-state index in [-0.39, 0.29) is 23.7 Å². The van der Waals surface area contributed by atoms with Gasteiger partial charge in [0.2, 0.25) is 11.7 Å². The van der Waals surface area contributed by atoms with Crippen LogP contribution in [0.5, 0.6) is 17.2 Å². The molecule has 2 aliphatic heterocycles. The zero-order valence-corrected chi connectivity index (χ0v) is 27.8. The van der Waals surface area contributed by atoms with Crippen molar-refractivity contribution >= 4 is 40.4 Å². The summed E-state index contributed by atoms with van der Waals surface area (Å²) in [6.45, 7) is 6.83. The highest BCUT2D eigenvalue weighted by atomic mass is 35.5. The van der Waals surface area contributed by atoms with Crippen molar-refractivity contribution < 1.29 is 23.8 Å². The average Bonchev–Trinajstić information content (AvgIpc) is 3.17. The summed E-state index contributed by atoms with van der Waals surface area (Å²) in [6, 6.07) is 18.8. The first-order valence-corrected chi connectivity index (χ1v) is 16.0. The number of carbonyl (C=O) groups is 2. The molecule has 3 aromatic carbocycles. The standard InChI is InChI=1S/C36H41ClN4O5/c1-36(2)20-27-32(29(42)21-36)33(25-13-14-30(44-3)35(46-5)34(25)45-4)41(28-12-7-6-11-26(28)38-27)22-31(43)40-17-15-39(16-18-40)24-10-8-9-23(37)19-24/h6-14,19,33,38H,15-18,20-22H2,1-5H3. The van der Waals surface area contributed by atoms with E-state index in [9.17, 15) is 9.59 Å². The van der Waals surface area contributed by atoms with Crippen LogP contribution >= 0.6 is 11.6 Å². The lowest BCUT2D eigenvalue weighted by Gasteiger charge is -2.40. The molecule has 1 saturated heterocycles. The lowest BCUT2D eigenvalue weighted by molar-refractivity contribution is -0.130. The molecule has 1 atom stereocenters. The number of carbonyl (C=O) groups excluding carboxylic acids is 2. The fourth-order valence-electron chi connectivity index (χ4n) is 7.02. The molecular weight excluding hydrogens is 604 g/mol. The molecular formula is C36H41ClN4O5. The number of para-hydroxylation sites is 2. The van der Waals surface area contributed by atoms with Gasteiger partial charge >= 0.3 is 0 Å². The number of rotatable bonds is 7. The van der Waals surface area contributed by atoms with E-state index in [1.54, 1.807) is 21.3 Å². The van der Waals surface area contributed by atoms with Gasteiger partial charge in [0.25, 0.3) is 0 Å². The number of Topliss-reactive ketones (excluding diaryl/α,β-unsaturated/α-hetero) is 1. The van der Waals surface area contributed by atoms with Gasteiger partial charge in [0.05, 0.1) is 45.3 Å². The maximum absolute atomic E-state index is 14.2. The minimum Gasteiger partial charge on any atom is -0.493 e. The number of piperazine rings is 1. The summed E-state index contributed by atoms with van der Waals surface area (Å²) in [6.07, 6.45) is 1.07. The number of amides is 1. The number of benzene rings is 3. The average molecular weight is 645 g/mol. The first-order valence-electron chi connectivity index (χ1n) is 15.6. The molecule has 6 rings (SSSR count). The SMILES string of the molecule is COc1ccc(C2C3=C(CC(C)(C)CC3=O)Nc3ccccc3N2CC(=O)N2CCN(c3cccc(Cl)c3)CC2)c(OC)c1OC. The summed E-state index contributed by atoms with van der Waals surface area (Å²) in [5.41, 5.74) is 4.72. The van der Waals surface area contributed by atoms with Crippen LogP contribution in [-0.4, -0.2) is 70.6 Å². The molecule has 1 amide bonds. The van der Waals surface area contributed by atoms with Gasteiger partial charge in [-0.05, 0) is 54.3 Å². The number of allylic oxidation sites excluding steroid dienone is 1. The minimum atomic E-state index is -0.624. The van der Waals surface area contributed by atoms with Crippen molar-refractivity contribution in [2.45, 2.75) is 32.7 Å². The molecule has 9 nitrogen and oxygen atoms in total. The van der Waals surface area contributed by atoms with E-state index in [2.05, 4.69) is 29.0 Å². The molecule has 3 aliphatic rings. The fraction of sp³-hybridized carbons (Fsp3) is 0.389. The molecule has 0 spiro atoms. The summed E-state index contributed by atoms with van der Waals surface area (Å²) in [4.78, 5) is 34.6. The highest BCUT2D eigenvalue weighted by molar-refractivity contribution is 6.30. The third-order valence-electron chi connectivity index (χ3n) is 9.14. The van der Waals surface area contributed by atoms with Gasteiger partial charge in [-0.3, -0.25) is 9.59 Å². The van der Waals surface area contributed by atoms with Gasteiger partial charge in [0.15, 0.2) is 17.3 Å². The Labute approximate surface area is 275 Å². The highest BCUT2D eigenvalue weighted by Crippen LogP contribution is 2.52. The van der Waals surface area contributed by atoms with Crippen LogP contribution in [0, 0.1) is 5.41 Å². The van der Waals surface area contributed by atoms with Crippen LogP contribution in [-0.2, 0) is 9.59 Å². The molecule has 46 heavy (non-hydrogen) atoms. The predicted octanol–water partition coefficient (Wildman–Crippen LogP) is 6.33. The summed E-state index contributed by atoms with van der Waals surface area (Å²) in [5.74, 6) is 1.44. The Balaban J connectivity index is 1.42. The number of halogens is 1. The van der Waals surface area contributed by atoms with Crippen LogP contribution in [0.2, 0.25) is 5.02 Å². The van der Waals surface area contributed by atoms with Crippen molar-refractivity contribution in [1.82, 2.24) is 4.90 Å². The molecule has 3 aromatic rings. The Hall–Kier alpha value is -4.37. The van der Waals surface area contributed by atoms with Gasteiger partial charge in [-0.2, -0.15) is 0 Å². The van der Waals surface area contributed by atoms with E-state index in [0.29, 0.717) is 66.9 Å². The molecule has 0 bridgehead atoms. The molecule has 2 heterocycles. The topological polar surface area (TPSA) is 83.6 Å². The second-order valence-corrected chi connectivity index (χ2v) is 13.2. The van der Waals surface area contributed by atoms with Gasteiger partial charge in [0.1, 0.15) is 0 Å². The number of nitrogens with zero attached hydrogens (tertiary/aromatic N) is 3. The highest BCUT2D eigenvalue weighted by Gasteiger charge is 2.43. The molecule has 1 N–H and O–H groups in total. The Morgan fingerprint density at radius 3 is 2.35 bits per heavy atom. The summed E-state index contributed by atoms with van der Waals surface area (Å²) < 4.78 is 17.4. The quantitative estimate of drug-likeness (QED) is 0.320. The van der Waals surface area contributed by atoms with Crippen LogP contribution < -0.4 is 29.3 Å². The van der Waals surface area contributed by atoms with E-state index < -0.39 is 6.04 Å². The van der Waals surface area contributed by atoms with E-state index in [0.717, 1.165) is 28.3 Å². The zero-order chi connectivity index (χ0) is 32.6. The van der Waals surface area contributed by atoms with Crippen LogP contribution in [0.4, 0.5) is 17.1 Å². The van der Waals surface area contributed by atoms with Crippen molar-refractivity contribution in [2.24, 2.45) is 5.41 Å². The minimum absolute atomic E-state index is 0.0161. The Morgan fingerprint density at radius 2 is 1.65 bits per heavy atom. The smallest absolute Gasteiger partial charge is 0.242 e. The van der Waals surface area contributed by atoms with Crippen LogP contribution in [0.1, 0.15) is 38.3 Å². The van der Waals surface area contributed by atoms with Crippen molar-refractivity contribution in [3.63, 3.8) is 0 Å². The molecule has 1 aliphatic carbocycles. The van der Waals surface area contributed by atoms with E-state index in [1.165, 1.54) is 0 Å². The Kier molecular flexibility index (Phi) is 8.79. The molecule has 1 fully saturated rings. The van der Waals surface area contributed by atoms with Crippen molar-refractivity contribution in [3.05, 3.63) is 82.5 Å². The molecule has 0 radical (unpaired) electrons. The van der Waals surface area contributed by atoms with Gasteiger partial charge in [-0.25, -0.2) is 0 Å². The first kappa shape index (κ1) is 31.6. The second-order valence-electron chi connectivity index (χ2n) is 12.8. The Morgan fingerprint density at radius 1 is 0.913 bits per heavy atom. The summed E-state index contributed by atoms with van der Waals surface area (Å²) in [7, 11) is 4.73. The summed E-state index contributed by atoms with van der Waals surface area (Å²) in [5, 5.41) is 4.32. The number of ketones is 1. The predicted molar refractivity (Wildman–Crippen MR) is 182 cm³/mol. The zero-order valence-electron chi connectivity index (χ0n) is 27.1. The van der Waals surface area contributed by atoms with E-state index in [1.807, 2.05) is 65.6 Å². The van der Waals surface area contributed by atoms with Crippen LogP contribution in [0.3, 0.4) is 0 Å². The van der Waals surface area contributed by atoms with Gasteiger partial charge in [-0.15, -0.1) is 0 Å². The largest absolute Gasteiger partial charge is 0.493 e. The molecule has 10 heteroatoms. The number of hydrogen-bond acceptors (Lipinski definition) is 8. The maximum Gasteiger partial charge on any atom is 0.242 e. The molecule has 0 aromatic heterocycles. The number of ether oxygens (including phenoxy) is 3. The van der Waals surface area contributed by atoms with Crippen molar-refractivity contribution in [3.8, 4) is 17.2 Å². The number of nitrogens with one attached hydrogen (secondary N) is 1. The third-order valence-corrected chi connectivity index (χ3v) is 9.38. The van der Waals surface area contributed by atoms with Gasteiger partial charge in [0, 0.05) is 60.1 Å². The Bertz CT molecular complexity index is 1680. The van der Waals surface area contributed by atoms with Gasteiger partial charge in [-0.1, -0.05) is 43.6 Å². The molecule has 242 valence electrons. The monoisotopic (exact) mass is 644 g/mol. The normalized spacial score (nSPS) is 19.1. The molecule has 1 unspecified atom stereocenters. The van der Waals surface area contributed by atoms with Crippen molar-refractivity contribution in [2.75, 3.05) is 69.2 Å². The van der Waals surface area contributed by atoms with E-state index in [4.69, 9.17) is 25.8 Å². The van der Waals surface area contributed by atoms with Gasteiger partial charge < -0.3 is 34.2 Å². The lowest BCUT2D eigenvalue weighted by Crippen LogP contribution is -2.52. The number of fused-ring (bicyclic) bond motifs is 1. The summed E-state index contributed by atoms with van der Waals surface area (Å²) >= 11 is 6.25. The lowest BCUT2D eigenvalue weighted by atomic mass is 9.73. The fourth-order valence-corrected chi connectivity index (χ4v) is 7.21. The van der Waals surface area contributed by atoms with Crippen molar-refractivity contribution in [1.29, 1.82) is 0 Å². The maximum atomic E-state index is 14.2.